The summed E-state index contributed by atoms with van der Waals surface area (Å²) in [4.78, 5) is 11.5. The van der Waals surface area contributed by atoms with Crippen molar-refractivity contribution in [1.29, 1.82) is 0 Å². The average Bonchev–Trinajstić information content (AvgIpc) is 2.41. The third-order valence-electron chi connectivity index (χ3n) is 2.38. The van der Waals surface area contributed by atoms with E-state index in [9.17, 15) is 9.90 Å². The number of hydrogen-bond donors (Lipinski definition) is 2. The normalized spacial score (nSPS) is 24.2. The van der Waals surface area contributed by atoms with E-state index in [1.54, 1.807) is 30.3 Å². The van der Waals surface area contributed by atoms with E-state index in [2.05, 4.69) is 11.9 Å². The number of amides is 1. The van der Waals surface area contributed by atoms with Gasteiger partial charge in [0, 0.05) is 17.5 Å². The van der Waals surface area contributed by atoms with Crippen molar-refractivity contribution in [1.82, 2.24) is 5.32 Å². The molecule has 1 aromatic rings. The van der Waals surface area contributed by atoms with E-state index in [0.717, 1.165) is 0 Å². The van der Waals surface area contributed by atoms with Gasteiger partial charge >= 0.3 is 0 Å². The van der Waals surface area contributed by atoms with Crippen molar-refractivity contribution in [2.45, 2.75) is 12.1 Å². The molecule has 0 fully saturated rings. The first-order valence-electron chi connectivity index (χ1n) is 4.43. The lowest BCUT2D eigenvalue weighted by Crippen LogP contribution is -2.38. The minimum absolute atomic E-state index is 0.232. The summed E-state index contributed by atoms with van der Waals surface area (Å²) < 4.78 is 0. The second-order valence-corrected chi connectivity index (χ2v) is 3.35. The van der Waals surface area contributed by atoms with E-state index in [1.165, 1.54) is 0 Å². The van der Waals surface area contributed by atoms with Gasteiger partial charge in [-0.05, 0) is 6.07 Å². The largest absolute Gasteiger partial charge is 0.366 e. The van der Waals surface area contributed by atoms with Gasteiger partial charge in [-0.3, -0.25) is 4.79 Å². The molecule has 1 amide bonds. The zero-order valence-corrected chi connectivity index (χ0v) is 7.66. The van der Waals surface area contributed by atoms with Gasteiger partial charge in [-0.1, -0.05) is 24.3 Å². The predicted octanol–water partition coefficient (Wildman–Crippen LogP) is 1.15. The molecule has 72 valence electrons. The quantitative estimate of drug-likeness (QED) is 0.686. The maximum absolute atomic E-state index is 11.5. The van der Waals surface area contributed by atoms with Crippen molar-refractivity contribution in [2.24, 2.45) is 0 Å². The highest BCUT2D eigenvalue weighted by Gasteiger charge is 2.39. The van der Waals surface area contributed by atoms with Crippen LogP contribution in [0.4, 0.5) is 0 Å². The molecular formula is C11H11NO2. The highest BCUT2D eigenvalue weighted by atomic mass is 16.3. The van der Waals surface area contributed by atoms with Gasteiger partial charge in [0.25, 0.3) is 5.91 Å². The number of carbonyl (C=O) groups excluding carboxylic acids is 1. The van der Waals surface area contributed by atoms with Crippen LogP contribution in [-0.2, 0) is 5.72 Å². The maximum atomic E-state index is 11.5. The van der Waals surface area contributed by atoms with Gasteiger partial charge in [0.1, 0.15) is 0 Å². The van der Waals surface area contributed by atoms with Crippen LogP contribution in [0.25, 0.3) is 0 Å². The van der Waals surface area contributed by atoms with Crippen molar-refractivity contribution in [3.8, 4) is 0 Å². The summed E-state index contributed by atoms with van der Waals surface area (Å²) in [5, 5.41) is 12.7. The van der Waals surface area contributed by atoms with Crippen LogP contribution >= 0.6 is 0 Å². The van der Waals surface area contributed by atoms with Gasteiger partial charge in [0.15, 0.2) is 5.72 Å². The molecule has 1 aromatic carbocycles. The number of nitrogens with one attached hydrogen (secondary N) is 1. The number of carbonyl (C=O) groups is 1. The molecule has 1 aliphatic rings. The van der Waals surface area contributed by atoms with Crippen molar-refractivity contribution >= 4 is 5.91 Å². The third-order valence-corrected chi connectivity index (χ3v) is 2.38. The minimum atomic E-state index is -1.27. The Labute approximate surface area is 82.1 Å². The lowest BCUT2D eigenvalue weighted by atomic mass is 9.99. The van der Waals surface area contributed by atoms with Gasteiger partial charge in [-0.25, -0.2) is 0 Å². The Morgan fingerprint density at radius 3 is 2.93 bits per heavy atom. The van der Waals surface area contributed by atoms with Crippen molar-refractivity contribution in [3.05, 3.63) is 48.0 Å². The van der Waals surface area contributed by atoms with E-state index >= 15 is 0 Å². The second kappa shape index (κ2) is 2.96. The van der Waals surface area contributed by atoms with Crippen LogP contribution in [0.3, 0.4) is 0 Å². The van der Waals surface area contributed by atoms with E-state index in [0.29, 0.717) is 17.5 Å². The number of rotatable bonds is 2. The fourth-order valence-electron chi connectivity index (χ4n) is 1.73. The van der Waals surface area contributed by atoms with Crippen molar-refractivity contribution < 1.29 is 9.90 Å². The van der Waals surface area contributed by atoms with Crippen LogP contribution in [0, 0.1) is 0 Å². The lowest BCUT2D eigenvalue weighted by molar-refractivity contribution is 0.0159. The zero-order valence-electron chi connectivity index (χ0n) is 7.66. The molecule has 1 unspecified atom stereocenters. The first-order valence-corrected chi connectivity index (χ1v) is 4.43. The first-order chi connectivity index (χ1) is 6.67. The molecule has 0 aliphatic carbocycles. The Morgan fingerprint density at radius 1 is 1.50 bits per heavy atom. The Kier molecular flexibility index (Phi) is 1.89. The van der Waals surface area contributed by atoms with Crippen LogP contribution in [0.15, 0.2) is 36.9 Å². The molecule has 2 rings (SSSR count). The first kappa shape index (κ1) is 8.97. The van der Waals surface area contributed by atoms with Crippen LogP contribution in [0.5, 0.6) is 0 Å². The van der Waals surface area contributed by atoms with Crippen LogP contribution in [-0.4, -0.2) is 11.0 Å². The van der Waals surface area contributed by atoms with Crippen molar-refractivity contribution in [3.63, 3.8) is 0 Å². The van der Waals surface area contributed by atoms with E-state index in [1.807, 2.05) is 0 Å². The smallest absolute Gasteiger partial charge is 0.254 e. The third kappa shape index (κ3) is 1.14. The molecule has 2 N–H and O–H groups in total. The standard InChI is InChI=1S/C11H11NO2/c1-2-7-11(14)9-6-4-3-5-8(9)10(13)12-11/h2-6,14H,1,7H2,(H,12,13). The van der Waals surface area contributed by atoms with Gasteiger partial charge < -0.3 is 10.4 Å². The van der Waals surface area contributed by atoms with Crippen molar-refractivity contribution in [2.75, 3.05) is 0 Å². The Balaban J connectivity index is 2.53. The monoisotopic (exact) mass is 189 g/mol. The molecule has 0 radical (unpaired) electrons. The molecule has 0 aromatic heterocycles. The SMILES string of the molecule is C=CCC1(O)NC(=O)c2ccccc21. The van der Waals surface area contributed by atoms with Crippen LogP contribution in [0.1, 0.15) is 22.3 Å². The molecule has 3 heteroatoms. The number of hydrogen-bond acceptors (Lipinski definition) is 2. The zero-order chi connectivity index (χ0) is 10.2. The summed E-state index contributed by atoms with van der Waals surface area (Å²) in [6.45, 7) is 3.56. The maximum Gasteiger partial charge on any atom is 0.254 e. The molecule has 0 saturated heterocycles. The fraction of sp³-hybridized carbons (Fsp3) is 0.182. The number of aliphatic hydroxyl groups is 1. The van der Waals surface area contributed by atoms with Gasteiger partial charge in [0.2, 0.25) is 0 Å². The molecule has 0 bridgehead atoms. The molecule has 1 atom stereocenters. The van der Waals surface area contributed by atoms with Crippen LogP contribution in [0.2, 0.25) is 0 Å². The van der Waals surface area contributed by atoms with Gasteiger partial charge in [0.05, 0.1) is 0 Å². The molecule has 3 nitrogen and oxygen atoms in total. The summed E-state index contributed by atoms with van der Waals surface area (Å²) in [7, 11) is 0. The Hall–Kier alpha value is -1.61. The van der Waals surface area contributed by atoms with E-state index < -0.39 is 5.72 Å². The predicted molar refractivity (Wildman–Crippen MR) is 52.6 cm³/mol. The van der Waals surface area contributed by atoms with Gasteiger partial charge in [-0.2, -0.15) is 0 Å². The Bertz CT molecular complexity index is 400. The molecule has 0 saturated carbocycles. The summed E-state index contributed by atoms with van der Waals surface area (Å²) in [6.07, 6.45) is 1.90. The molecule has 1 heterocycles. The highest BCUT2D eigenvalue weighted by Crippen LogP contribution is 2.31. The molecule has 0 spiro atoms. The highest BCUT2D eigenvalue weighted by molar-refractivity contribution is 5.99. The van der Waals surface area contributed by atoms with Crippen LogP contribution < -0.4 is 5.32 Å². The summed E-state index contributed by atoms with van der Waals surface area (Å²) in [5.74, 6) is -0.232. The number of benzene rings is 1. The lowest BCUT2D eigenvalue weighted by Gasteiger charge is -2.21. The minimum Gasteiger partial charge on any atom is -0.366 e. The van der Waals surface area contributed by atoms with E-state index in [4.69, 9.17) is 0 Å². The topological polar surface area (TPSA) is 49.3 Å². The number of fused-ring (bicyclic) bond motifs is 1. The second-order valence-electron chi connectivity index (χ2n) is 3.35. The fourth-order valence-corrected chi connectivity index (χ4v) is 1.73. The summed E-state index contributed by atoms with van der Waals surface area (Å²) >= 11 is 0. The molecule has 14 heavy (non-hydrogen) atoms. The van der Waals surface area contributed by atoms with Gasteiger partial charge in [-0.15, -0.1) is 6.58 Å². The summed E-state index contributed by atoms with van der Waals surface area (Å²) in [6, 6.07) is 7.02. The molecular weight excluding hydrogens is 178 g/mol. The summed E-state index contributed by atoms with van der Waals surface area (Å²) in [5.41, 5.74) is -0.100. The average molecular weight is 189 g/mol. The molecule has 1 aliphatic heterocycles. The Morgan fingerprint density at radius 2 is 2.21 bits per heavy atom. The van der Waals surface area contributed by atoms with E-state index in [-0.39, 0.29) is 5.91 Å².